The molecule has 5 atom stereocenters. The molecule has 17 nitrogen and oxygen atoms in total. The van der Waals surface area contributed by atoms with Crippen LogP contribution in [-0.4, -0.2) is 96.7 Å². The number of aliphatic hydroxyl groups is 1. The maximum Gasteiger partial charge on any atom is 0.472 e. The summed E-state index contributed by atoms with van der Waals surface area (Å²) in [5.74, 6) is -0.467. The molecule has 0 saturated carbocycles. The van der Waals surface area contributed by atoms with Gasteiger partial charge in [-0.25, -0.2) is 9.13 Å². The van der Waals surface area contributed by atoms with Crippen LogP contribution in [0.4, 0.5) is 0 Å². The largest absolute Gasteiger partial charge is 0.472 e. The highest BCUT2D eigenvalue weighted by atomic mass is 31.2. The number of rotatable bonds is 85. The number of hydrogen-bond donors (Lipinski definition) is 3. The van der Waals surface area contributed by atoms with Gasteiger partial charge in [0.1, 0.15) is 19.3 Å². The van der Waals surface area contributed by atoms with Crippen molar-refractivity contribution in [3.05, 3.63) is 0 Å². The molecule has 0 heterocycles. The van der Waals surface area contributed by atoms with Crippen molar-refractivity contribution in [2.45, 2.75) is 477 Å². The number of unbranched alkanes of at least 4 members (excludes halogenated alkanes) is 55. The van der Waals surface area contributed by atoms with E-state index < -0.39 is 97.5 Å². The second-order valence-corrected chi connectivity index (χ2v) is 34.8. The average Bonchev–Trinajstić information content (AvgIpc) is 0.917. The van der Waals surface area contributed by atoms with E-state index >= 15 is 0 Å². The van der Waals surface area contributed by atoms with Gasteiger partial charge in [0, 0.05) is 25.7 Å². The van der Waals surface area contributed by atoms with Gasteiger partial charge in [-0.2, -0.15) is 0 Å². The van der Waals surface area contributed by atoms with Crippen LogP contribution in [-0.2, 0) is 65.4 Å². The van der Waals surface area contributed by atoms with Gasteiger partial charge in [-0.15, -0.1) is 0 Å². The first-order valence-electron chi connectivity index (χ1n) is 44.5. The Morgan fingerprint density at radius 2 is 0.438 bits per heavy atom. The van der Waals surface area contributed by atoms with Crippen molar-refractivity contribution >= 4 is 39.5 Å². The molecule has 0 aromatic rings. The molecular weight excluding hydrogens is 1370 g/mol. The van der Waals surface area contributed by atoms with Crippen molar-refractivity contribution in [2.75, 3.05) is 39.6 Å². The van der Waals surface area contributed by atoms with E-state index in [9.17, 15) is 43.2 Å². The van der Waals surface area contributed by atoms with Crippen LogP contribution in [0.15, 0.2) is 0 Å². The van der Waals surface area contributed by atoms with Crippen LogP contribution in [0.5, 0.6) is 0 Å². The number of aliphatic hydroxyl groups excluding tert-OH is 1. The third kappa shape index (κ3) is 79.9. The molecule has 0 saturated heterocycles. The molecule has 0 bridgehead atoms. The van der Waals surface area contributed by atoms with Crippen molar-refractivity contribution in [1.82, 2.24) is 0 Å². The Morgan fingerprint density at radius 3 is 0.648 bits per heavy atom. The van der Waals surface area contributed by atoms with Gasteiger partial charge in [0.15, 0.2) is 12.2 Å². The zero-order valence-electron chi connectivity index (χ0n) is 69.0. The van der Waals surface area contributed by atoms with Crippen LogP contribution in [0.1, 0.15) is 459 Å². The Hall–Kier alpha value is -1.94. The molecule has 3 N–H and O–H groups in total. The van der Waals surface area contributed by atoms with E-state index in [0.29, 0.717) is 25.7 Å². The summed E-state index contributed by atoms with van der Waals surface area (Å²) < 4.78 is 68.9. The van der Waals surface area contributed by atoms with Crippen LogP contribution in [0.2, 0.25) is 0 Å². The molecule has 105 heavy (non-hydrogen) atoms. The molecule has 0 rings (SSSR count). The molecule has 2 unspecified atom stereocenters. The summed E-state index contributed by atoms with van der Waals surface area (Å²) >= 11 is 0. The lowest BCUT2D eigenvalue weighted by molar-refractivity contribution is -0.161. The van der Waals surface area contributed by atoms with Gasteiger partial charge >= 0.3 is 39.5 Å². The minimum atomic E-state index is -4.97. The molecule has 0 fully saturated rings. The number of hydrogen-bond acceptors (Lipinski definition) is 15. The van der Waals surface area contributed by atoms with E-state index in [1.807, 2.05) is 0 Å². The SMILES string of the molecule is CCCCCCCCCCCCCCCC(=O)O[C@H](COC(=O)CCCCCCCCCCCCCC)COP(=O)(O)OC[C@H](O)COP(=O)(O)OC[C@@H](COC(=O)CCCCCCCCCCCCCCCCCCC(C)C)OC(=O)CCCCCCCCCCCCCCCCCCCCC(C)C. The van der Waals surface area contributed by atoms with Gasteiger partial charge in [0.2, 0.25) is 0 Å². The standard InChI is InChI=1S/C86H168O17P2/c1-7-9-11-13-15-17-19-31-40-46-52-58-64-70-85(90)102-81(74-96-83(88)68-62-56-50-44-38-20-18-16-14-12-10-8-2)76-100-104(92,93)98-72-80(87)73-99-105(94,95)101-77-82(75-97-84(89)69-63-57-51-45-39-34-29-26-25-28-33-37-43-49-55-61-67-79(5)6)103-86(91)71-65-59-53-47-41-35-30-24-22-21-23-27-32-36-42-48-54-60-66-78(3)4/h78-82,87H,7-77H2,1-6H3,(H,92,93)(H,94,95)/t80-,81+,82+/m0/s1. The van der Waals surface area contributed by atoms with Crippen molar-refractivity contribution in [3.63, 3.8) is 0 Å². The predicted molar refractivity (Wildman–Crippen MR) is 432 cm³/mol. The molecular formula is C86H168O17P2. The Bertz CT molecular complexity index is 2010. The molecule has 0 radical (unpaired) electrons. The van der Waals surface area contributed by atoms with Gasteiger partial charge in [-0.1, -0.05) is 408 Å². The second kappa shape index (κ2) is 77.4. The quantitative estimate of drug-likeness (QED) is 0.0222. The first-order valence-corrected chi connectivity index (χ1v) is 47.5. The number of carbonyl (C=O) groups excluding carboxylic acids is 4. The number of ether oxygens (including phenoxy) is 4. The first-order chi connectivity index (χ1) is 50.9. The second-order valence-electron chi connectivity index (χ2n) is 31.9. The minimum Gasteiger partial charge on any atom is -0.462 e. The third-order valence-corrected chi connectivity index (χ3v) is 22.1. The normalized spacial score (nSPS) is 13.8. The summed E-state index contributed by atoms with van der Waals surface area (Å²) in [6.45, 7) is 9.74. The number of phosphoric acid groups is 2. The Kier molecular flexibility index (Phi) is 76.0. The summed E-state index contributed by atoms with van der Waals surface area (Å²) in [5.41, 5.74) is 0. The predicted octanol–water partition coefficient (Wildman–Crippen LogP) is 26.2. The smallest absolute Gasteiger partial charge is 0.462 e. The zero-order valence-corrected chi connectivity index (χ0v) is 70.8. The lowest BCUT2D eigenvalue weighted by atomic mass is 10.0. The van der Waals surface area contributed by atoms with E-state index in [4.69, 9.17) is 37.0 Å². The number of phosphoric ester groups is 2. The molecule has 0 aromatic heterocycles. The highest BCUT2D eigenvalue weighted by Gasteiger charge is 2.30. The van der Waals surface area contributed by atoms with Crippen molar-refractivity contribution in [1.29, 1.82) is 0 Å². The fourth-order valence-corrected chi connectivity index (χ4v) is 15.0. The highest BCUT2D eigenvalue weighted by molar-refractivity contribution is 7.47. The fraction of sp³-hybridized carbons (Fsp3) is 0.953. The molecule has 0 aliphatic heterocycles. The summed E-state index contributed by atoms with van der Waals surface area (Å²) in [6.07, 6.45) is 69.3. The molecule has 19 heteroatoms. The molecule has 624 valence electrons. The maximum atomic E-state index is 13.1. The van der Waals surface area contributed by atoms with E-state index in [1.54, 1.807) is 0 Å². The van der Waals surface area contributed by atoms with Crippen LogP contribution < -0.4 is 0 Å². The third-order valence-electron chi connectivity index (χ3n) is 20.2. The highest BCUT2D eigenvalue weighted by Crippen LogP contribution is 2.45. The monoisotopic (exact) mass is 1540 g/mol. The van der Waals surface area contributed by atoms with Crippen LogP contribution in [0, 0.1) is 11.8 Å². The number of carbonyl (C=O) groups is 4. The molecule has 0 spiro atoms. The van der Waals surface area contributed by atoms with Crippen LogP contribution >= 0.6 is 15.6 Å². The van der Waals surface area contributed by atoms with E-state index in [-0.39, 0.29) is 25.7 Å². The Morgan fingerprint density at radius 1 is 0.257 bits per heavy atom. The Labute approximate surface area is 645 Å². The maximum absolute atomic E-state index is 13.1. The summed E-state index contributed by atoms with van der Waals surface area (Å²) in [7, 11) is -9.93. The summed E-state index contributed by atoms with van der Waals surface area (Å²) in [4.78, 5) is 73.2. The van der Waals surface area contributed by atoms with E-state index in [1.165, 1.54) is 276 Å². The number of esters is 4. The lowest BCUT2D eigenvalue weighted by Gasteiger charge is -2.21. The van der Waals surface area contributed by atoms with Crippen molar-refractivity contribution < 1.29 is 80.2 Å². The molecule has 0 aromatic carbocycles. The van der Waals surface area contributed by atoms with Gasteiger partial charge in [0.05, 0.1) is 26.4 Å². The van der Waals surface area contributed by atoms with E-state index in [2.05, 4.69) is 41.5 Å². The Balaban J connectivity index is 5.23. The summed E-state index contributed by atoms with van der Waals surface area (Å²) in [6, 6.07) is 0. The van der Waals surface area contributed by atoms with E-state index in [0.717, 1.165) is 102 Å². The van der Waals surface area contributed by atoms with Gasteiger partial charge in [-0.3, -0.25) is 37.3 Å². The molecule has 0 aliphatic rings. The van der Waals surface area contributed by atoms with Crippen LogP contribution in [0.3, 0.4) is 0 Å². The topological polar surface area (TPSA) is 237 Å². The fourth-order valence-electron chi connectivity index (χ4n) is 13.4. The van der Waals surface area contributed by atoms with Crippen molar-refractivity contribution in [2.24, 2.45) is 11.8 Å². The van der Waals surface area contributed by atoms with Gasteiger partial charge < -0.3 is 33.8 Å². The van der Waals surface area contributed by atoms with Crippen molar-refractivity contribution in [3.8, 4) is 0 Å². The van der Waals surface area contributed by atoms with Crippen LogP contribution in [0.25, 0.3) is 0 Å². The zero-order chi connectivity index (χ0) is 77.1. The molecule has 0 amide bonds. The molecule has 0 aliphatic carbocycles. The minimum absolute atomic E-state index is 0.108. The average molecular weight is 1540 g/mol. The lowest BCUT2D eigenvalue weighted by Crippen LogP contribution is -2.30. The van der Waals surface area contributed by atoms with Gasteiger partial charge in [-0.05, 0) is 37.5 Å². The first kappa shape index (κ1) is 103. The van der Waals surface area contributed by atoms with Gasteiger partial charge in [0.25, 0.3) is 0 Å². The summed E-state index contributed by atoms with van der Waals surface area (Å²) in [5, 5.41) is 10.7.